The highest BCUT2D eigenvalue weighted by molar-refractivity contribution is 5.91. The van der Waals surface area contributed by atoms with Gasteiger partial charge in [-0.05, 0) is 67.8 Å². The van der Waals surface area contributed by atoms with E-state index in [0.29, 0.717) is 31.8 Å². The fourth-order valence-corrected chi connectivity index (χ4v) is 4.91. The van der Waals surface area contributed by atoms with Crippen LogP contribution >= 0.6 is 0 Å². The van der Waals surface area contributed by atoms with Crippen LogP contribution < -0.4 is 4.74 Å². The molecule has 2 aromatic carbocycles. The van der Waals surface area contributed by atoms with Gasteiger partial charge in [-0.15, -0.1) is 0 Å². The molecule has 2 saturated heterocycles. The Bertz CT molecular complexity index is 1060. The van der Waals surface area contributed by atoms with Gasteiger partial charge in [0.2, 0.25) is 5.91 Å². The number of ether oxygens (including phenoxy) is 2. The first-order valence-corrected chi connectivity index (χ1v) is 12.9. The van der Waals surface area contributed by atoms with E-state index >= 15 is 0 Å². The quantitative estimate of drug-likeness (QED) is 0.389. The predicted molar refractivity (Wildman–Crippen MR) is 137 cm³/mol. The molecule has 192 valence electrons. The highest BCUT2D eigenvalue weighted by Crippen LogP contribution is 2.24. The summed E-state index contributed by atoms with van der Waals surface area (Å²) >= 11 is 0. The molecule has 4 rings (SSSR count). The fourth-order valence-electron chi connectivity index (χ4n) is 4.91. The summed E-state index contributed by atoms with van der Waals surface area (Å²) in [4.78, 5) is 28.9. The van der Waals surface area contributed by atoms with E-state index in [-0.39, 0.29) is 29.8 Å². The topological polar surface area (TPSA) is 59.1 Å². The summed E-state index contributed by atoms with van der Waals surface area (Å²) in [5, 5.41) is 0. The average molecular weight is 495 g/mol. The van der Waals surface area contributed by atoms with Crippen LogP contribution in [-0.4, -0.2) is 60.1 Å². The Hall–Kier alpha value is -3.19. The monoisotopic (exact) mass is 494 g/mol. The van der Waals surface area contributed by atoms with Crippen LogP contribution in [0.5, 0.6) is 5.75 Å². The van der Waals surface area contributed by atoms with Gasteiger partial charge in [-0.25, -0.2) is 4.39 Å². The van der Waals surface area contributed by atoms with Gasteiger partial charge >= 0.3 is 5.97 Å². The normalized spacial score (nSPS) is 19.4. The number of carbonyl (C=O) groups excluding carboxylic acids is 2. The number of benzene rings is 2. The van der Waals surface area contributed by atoms with Crippen LogP contribution in [-0.2, 0) is 20.9 Å². The number of halogens is 1. The molecule has 6 nitrogen and oxygen atoms in total. The second-order valence-corrected chi connectivity index (χ2v) is 9.41. The van der Waals surface area contributed by atoms with Gasteiger partial charge in [0.15, 0.2) is 0 Å². The van der Waals surface area contributed by atoms with Gasteiger partial charge in [0.25, 0.3) is 0 Å². The number of carbonyl (C=O) groups is 2. The van der Waals surface area contributed by atoms with E-state index in [9.17, 15) is 14.0 Å². The van der Waals surface area contributed by atoms with E-state index in [1.54, 1.807) is 23.1 Å². The molecule has 2 heterocycles. The molecule has 0 radical (unpaired) electrons. The summed E-state index contributed by atoms with van der Waals surface area (Å²) in [5.41, 5.74) is 1.78. The summed E-state index contributed by atoms with van der Waals surface area (Å²) < 4.78 is 24.9. The molecule has 0 aromatic heterocycles. The first kappa shape index (κ1) is 25.9. The van der Waals surface area contributed by atoms with Crippen molar-refractivity contribution in [3.8, 4) is 5.75 Å². The lowest BCUT2D eigenvalue weighted by molar-refractivity contribution is -0.151. The Morgan fingerprint density at radius 3 is 2.61 bits per heavy atom. The molecule has 2 aliphatic heterocycles. The molecule has 1 unspecified atom stereocenters. The molecule has 36 heavy (non-hydrogen) atoms. The van der Waals surface area contributed by atoms with Crippen molar-refractivity contribution in [2.24, 2.45) is 0 Å². The van der Waals surface area contributed by atoms with Crippen molar-refractivity contribution in [1.29, 1.82) is 0 Å². The van der Waals surface area contributed by atoms with Gasteiger partial charge in [0.1, 0.15) is 23.7 Å². The molecule has 0 spiro atoms. The number of hydrogen-bond donors (Lipinski definition) is 0. The smallest absolute Gasteiger partial charge is 0.323 e. The van der Waals surface area contributed by atoms with Gasteiger partial charge in [0.05, 0.1) is 6.61 Å². The highest BCUT2D eigenvalue weighted by Gasteiger charge is 2.30. The summed E-state index contributed by atoms with van der Waals surface area (Å²) in [6.07, 6.45) is 7.66. The third kappa shape index (κ3) is 7.17. The zero-order chi connectivity index (χ0) is 25.3. The van der Waals surface area contributed by atoms with Gasteiger partial charge < -0.3 is 14.4 Å². The van der Waals surface area contributed by atoms with Crippen molar-refractivity contribution >= 4 is 18.0 Å². The van der Waals surface area contributed by atoms with Crippen molar-refractivity contribution in [3.63, 3.8) is 0 Å². The van der Waals surface area contributed by atoms with Crippen molar-refractivity contribution in [1.82, 2.24) is 9.80 Å². The first-order valence-electron chi connectivity index (χ1n) is 12.9. The minimum absolute atomic E-state index is 0.0405. The lowest BCUT2D eigenvalue weighted by Crippen LogP contribution is -2.44. The van der Waals surface area contributed by atoms with Crippen LogP contribution in [0.15, 0.2) is 54.6 Å². The molecule has 0 aliphatic carbocycles. The van der Waals surface area contributed by atoms with Gasteiger partial charge in [0, 0.05) is 38.6 Å². The molecule has 1 amide bonds. The zero-order valence-corrected chi connectivity index (χ0v) is 20.9. The SMILES string of the molecule is CCOC(=O)C1CCCCN1Cc1cccc(OC2CCN(C(=O)/C=C/c3cccc(F)c3)CC2)c1. The lowest BCUT2D eigenvalue weighted by atomic mass is 10.0. The van der Waals surface area contributed by atoms with Crippen molar-refractivity contribution in [2.45, 2.75) is 57.7 Å². The largest absolute Gasteiger partial charge is 0.490 e. The number of piperidine rings is 2. The number of rotatable bonds is 8. The number of likely N-dealkylation sites (tertiary alicyclic amines) is 2. The predicted octanol–water partition coefficient (Wildman–Crippen LogP) is 4.83. The maximum Gasteiger partial charge on any atom is 0.323 e. The minimum Gasteiger partial charge on any atom is -0.490 e. The van der Waals surface area contributed by atoms with Crippen LogP contribution in [0.3, 0.4) is 0 Å². The van der Waals surface area contributed by atoms with Crippen LogP contribution in [0.4, 0.5) is 4.39 Å². The third-order valence-electron chi connectivity index (χ3n) is 6.78. The van der Waals surface area contributed by atoms with E-state index in [1.165, 1.54) is 18.2 Å². The zero-order valence-electron chi connectivity index (χ0n) is 20.9. The maximum absolute atomic E-state index is 13.3. The van der Waals surface area contributed by atoms with Gasteiger partial charge in [-0.3, -0.25) is 14.5 Å². The van der Waals surface area contributed by atoms with Crippen LogP contribution in [0, 0.1) is 5.82 Å². The van der Waals surface area contributed by atoms with Crippen molar-refractivity contribution < 1.29 is 23.5 Å². The lowest BCUT2D eigenvalue weighted by Gasteiger charge is -2.34. The first-order chi connectivity index (χ1) is 17.5. The van der Waals surface area contributed by atoms with E-state index in [1.807, 2.05) is 19.1 Å². The molecule has 1 atom stereocenters. The van der Waals surface area contributed by atoms with Gasteiger partial charge in [-0.1, -0.05) is 30.7 Å². The second kappa shape index (κ2) is 12.7. The summed E-state index contributed by atoms with van der Waals surface area (Å²) in [6, 6.07) is 14.1. The van der Waals surface area contributed by atoms with Crippen molar-refractivity contribution in [2.75, 3.05) is 26.2 Å². The van der Waals surface area contributed by atoms with E-state index in [4.69, 9.17) is 9.47 Å². The molecule has 2 fully saturated rings. The number of amides is 1. The molecule has 0 saturated carbocycles. The third-order valence-corrected chi connectivity index (χ3v) is 6.78. The Morgan fingerprint density at radius 1 is 1.03 bits per heavy atom. The maximum atomic E-state index is 13.3. The van der Waals surface area contributed by atoms with Crippen molar-refractivity contribution in [3.05, 3.63) is 71.6 Å². The number of esters is 1. The van der Waals surface area contributed by atoms with E-state index in [2.05, 4.69) is 17.0 Å². The number of hydrogen-bond acceptors (Lipinski definition) is 5. The molecular formula is C29H35FN2O4. The molecule has 2 aromatic rings. The van der Waals surface area contributed by atoms with Crippen LogP contribution in [0.25, 0.3) is 6.08 Å². The summed E-state index contributed by atoms with van der Waals surface area (Å²) in [7, 11) is 0. The fraction of sp³-hybridized carbons (Fsp3) is 0.448. The molecule has 0 bridgehead atoms. The average Bonchev–Trinajstić information content (AvgIpc) is 2.88. The van der Waals surface area contributed by atoms with Crippen LogP contribution in [0.2, 0.25) is 0 Å². The molecule has 7 heteroatoms. The minimum atomic E-state index is -0.318. The number of nitrogens with zero attached hydrogens (tertiary/aromatic N) is 2. The van der Waals surface area contributed by atoms with E-state index in [0.717, 1.165) is 50.0 Å². The van der Waals surface area contributed by atoms with Crippen LogP contribution in [0.1, 0.15) is 50.2 Å². The summed E-state index contributed by atoms with van der Waals surface area (Å²) in [6.45, 7) is 5.05. The molecule has 2 aliphatic rings. The Morgan fingerprint density at radius 2 is 1.83 bits per heavy atom. The Kier molecular flexibility index (Phi) is 9.11. The Labute approximate surface area is 212 Å². The summed E-state index contributed by atoms with van der Waals surface area (Å²) in [5.74, 6) is 0.295. The van der Waals surface area contributed by atoms with E-state index < -0.39 is 0 Å². The second-order valence-electron chi connectivity index (χ2n) is 9.41. The standard InChI is InChI=1S/C29H35FN2O4/c1-2-35-29(34)27-11-3-4-16-32(27)21-23-8-6-10-26(20-23)36-25-14-17-31(18-15-25)28(33)13-12-22-7-5-9-24(30)19-22/h5-10,12-13,19-20,25,27H,2-4,11,14-18,21H2,1H3/b13-12+. The highest BCUT2D eigenvalue weighted by atomic mass is 19.1. The molecule has 0 N–H and O–H groups in total. The Balaban J connectivity index is 1.28. The molecular weight excluding hydrogens is 459 g/mol. The van der Waals surface area contributed by atoms with Gasteiger partial charge in [-0.2, -0.15) is 0 Å².